The van der Waals surface area contributed by atoms with Crippen LogP contribution in [0.3, 0.4) is 0 Å². The van der Waals surface area contributed by atoms with E-state index in [1.165, 1.54) is 18.5 Å². The normalized spacial score (nSPS) is 17.7. The van der Waals surface area contributed by atoms with Crippen molar-refractivity contribution in [1.82, 2.24) is 0 Å². The summed E-state index contributed by atoms with van der Waals surface area (Å²) in [5, 5.41) is 3.12. The summed E-state index contributed by atoms with van der Waals surface area (Å²) in [4.78, 5) is 14.7. The Hall–Kier alpha value is -1.51. The van der Waals surface area contributed by atoms with Crippen LogP contribution in [0.25, 0.3) is 0 Å². The van der Waals surface area contributed by atoms with Crippen LogP contribution in [0.2, 0.25) is 0 Å². The average molecular weight is 331 g/mol. The van der Waals surface area contributed by atoms with Gasteiger partial charge in [-0.2, -0.15) is 0 Å². The van der Waals surface area contributed by atoms with Gasteiger partial charge >= 0.3 is 0 Å². The van der Waals surface area contributed by atoms with Gasteiger partial charge in [0.2, 0.25) is 5.91 Å². The minimum Gasteiger partial charge on any atom is -0.371 e. The maximum atomic E-state index is 12.3. The highest BCUT2D eigenvalue weighted by atomic mass is 16.1. The molecule has 2 rings (SSSR count). The lowest BCUT2D eigenvalue weighted by Crippen LogP contribution is -2.37. The largest absolute Gasteiger partial charge is 0.371 e. The quantitative estimate of drug-likeness (QED) is 0.815. The molecule has 1 fully saturated rings. The summed E-state index contributed by atoms with van der Waals surface area (Å²) in [7, 11) is 0. The van der Waals surface area contributed by atoms with E-state index in [0.717, 1.165) is 29.9 Å². The van der Waals surface area contributed by atoms with Crippen molar-refractivity contribution in [3.05, 3.63) is 23.3 Å². The minimum atomic E-state index is 0.00639. The Kier molecular flexibility index (Phi) is 5.31. The minimum absolute atomic E-state index is 0.00639. The first-order chi connectivity index (χ1) is 11.0. The number of benzene rings is 1. The van der Waals surface area contributed by atoms with Gasteiger partial charge in [-0.1, -0.05) is 34.6 Å². The molecule has 1 heterocycles. The summed E-state index contributed by atoms with van der Waals surface area (Å²) in [6.07, 6.45) is 3.00. The summed E-state index contributed by atoms with van der Waals surface area (Å²) in [6, 6.07) is 4.44. The average Bonchev–Trinajstić information content (AvgIpc) is 2.40. The molecule has 0 saturated carbocycles. The van der Waals surface area contributed by atoms with Gasteiger partial charge in [0.05, 0.1) is 0 Å². The van der Waals surface area contributed by atoms with E-state index in [1.54, 1.807) is 0 Å². The first kappa shape index (κ1) is 18.8. The van der Waals surface area contributed by atoms with Gasteiger partial charge in [0.15, 0.2) is 0 Å². The van der Waals surface area contributed by atoms with E-state index in [2.05, 4.69) is 70.8 Å². The van der Waals surface area contributed by atoms with E-state index in [-0.39, 0.29) is 11.3 Å². The van der Waals surface area contributed by atoms with Crippen LogP contribution in [-0.2, 0) is 4.79 Å². The SMILES string of the molecule is Cc1cc(N2CCC(C)(C)CC2)cc(C)c1NC(=O)CC(C)(C)C. The smallest absolute Gasteiger partial charge is 0.224 e. The molecule has 3 heteroatoms. The third kappa shape index (κ3) is 4.99. The highest BCUT2D eigenvalue weighted by Crippen LogP contribution is 2.34. The van der Waals surface area contributed by atoms with E-state index in [4.69, 9.17) is 0 Å². The lowest BCUT2D eigenvalue weighted by Gasteiger charge is -2.38. The monoisotopic (exact) mass is 330 g/mol. The van der Waals surface area contributed by atoms with Crippen LogP contribution in [0.1, 0.15) is 65.0 Å². The van der Waals surface area contributed by atoms with Crippen LogP contribution in [0.5, 0.6) is 0 Å². The molecule has 1 saturated heterocycles. The molecule has 0 aromatic heterocycles. The first-order valence-corrected chi connectivity index (χ1v) is 9.13. The predicted molar refractivity (Wildman–Crippen MR) is 104 cm³/mol. The fraction of sp³-hybridized carbons (Fsp3) is 0.667. The van der Waals surface area contributed by atoms with Crippen molar-refractivity contribution in [2.75, 3.05) is 23.3 Å². The number of carbonyl (C=O) groups is 1. The molecule has 1 aromatic carbocycles. The maximum Gasteiger partial charge on any atom is 0.224 e. The van der Waals surface area contributed by atoms with Gasteiger partial charge in [0, 0.05) is 30.9 Å². The second kappa shape index (κ2) is 6.78. The third-order valence-corrected chi connectivity index (χ3v) is 4.95. The Bertz CT molecular complexity index is 578. The van der Waals surface area contributed by atoms with Gasteiger partial charge in [0.25, 0.3) is 0 Å². The molecule has 0 bridgehead atoms. The molecule has 0 spiro atoms. The molecular formula is C21H34N2O. The van der Waals surface area contributed by atoms with Gasteiger partial charge < -0.3 is 10.2 Å². The van der Waals surface area contributed by atoms with Crippen molar-refractivity contribution in [3.63, 3.8) is 0 Å². The van der Waals surface area contributed by atoms with E-state index < -0.39 is 0 Å². The first-order valence-electron chi connectivity index (χ1n) is 9.13. The van der Waals surface area contributed by atoms with Gasteiger partial charge in [-0.15, -0.1) is 0 Å². The lowest BCUT2D eigenvalue weighted by atomic mass is 9.82. The number of anilines is 2. The number of piperidine rings is 1. The van der Waals surface area contributed by atoms with Crippen molar-refractivity contribution in [2.45, 2.75) is 67.7 Å². The van der Waals surface area contributed by atoms with Crippen LogP contribution in [0, 0.1) is 24.7 Å². The molecule has 0 radical (unpaired) electrons. The van der Waals surface area contributed by atoms with E-state index in [1.807, 2.05) is 0 Å². The highest BCUT2D eigenvalue weighted by Gasteiger charge is 2.26. The molecule has 0 aliphatic carbocycles. The zero-order valence-electron chi connectivity index (χ0n) is 16.5. The summed E-state index contributed by atoms with van der Waals surface area (Å²) in [5.74, 6) is 0.0983. The van der Waals surface area contributed by atoms with Crippen LogP contribution < -0.4 is 10.2 Å². The fourth-order valence-corrected chi connectivity index (χ4v) is 3.36. The number of hydrogen-bond donors (Lipinski definition) is 1. The van der Waals surface area contributed by atoms with Crippen molar-refractivity contribution < 1.29 is 4.79 Å². The number of rotatable bonds is 3. The van der Waals surface area contributed by atoms with Crippen molar-refractivity contribution in [1.29, 1.82) is 0 Å². The van der Waals surface area contributed by atoms with E-state index >= 15 is 0 Å². The van der Waals surface area contributed by atoms with Gasteiger partial charge in [-0.3, -0.25) is 4.79 Å². The van der Waals surface area contributed by atoms with Gasteiger partial charge in [-0.25, -0.2) is 0 Å². The Morgan fingerprint density at radius 1 is 1.12 bits per heavy atom. The molecule has 0 atom stereocenters. The second-order valence-electron chi connectivity index (χ2n) is 9.39. The Labute approximate surface area is 147 Å². The zero-order chi connectivity index (χ0) is 18.1. The molecule has 134 valence electrons. The highest BCUT2D eigenvalue weighted by molar-refractivity contribution is 5.93. The molecule has 1 N–H and O–H groups in total. The van der Waals surface area contributed by atoms with Gasteiger partial charge in [-0.05, 0) is 60.8 Å². The van der Waals surface area contributed by atoms with Crippen LogP contribution in [-0.4, -0.2) is 19.0 Å². The number of nitrogens with one attached hydrogen (secondary N) is 1. The molecule has 24 heavy (non-hydrogen) atoms. The molecule has 0 unspecified atom stereocenters. The topological polar surface area (TPSA) is 32.3 Å². The second-order valence-corrected chi connectivity index (χ2v) is 9.39. The Morgan fingerprint density at radius 2 is 1.62 bits per heavy atom. The maximum absolute atomic E-state index is 12.3. The number of hydrogen-bond acceptors (Lipinski definition) is 2. The zero-order valence-corrected chi connectivity index (χ0v) is 16.5. The molecule has 1 aliphatic heterocycles. The van der Waals surface area contributed by atoms with Crippen molar-refractivity contribution in [2.24, 2.45) is 10.8 Å². The van der Waals surface area contributed by atoms with Crippen LogP contribution >= 0.6 is 0 Å². The summed E-state index contributed by atoms with van der Waals surface area (Å²) >= 11 is 0. The summed E-state index contributed by atoms with van der Waals surface area (Å²) in [6.45, 7) is 17.4. The fourth-order valence-electron chi connectivity index (χ4n) is 3.36. The van der Waals surface area contributed by atoms with Crippen LogP contribution in [0.4, 0.5) is 11.4 Å². The summed E-state index contributed by atoms with van der Waals surface area (Å²) < 4.78 is 0. The molecular weight excluding hydrogens is 296 g/mol. The predicted octanol–water partition coefficient (Wildman–Crippen LogP) is 5.30. The number of amides is 1. The van der Waals surface area contributed by atoms with E-state index in [9.17, 15) is 4.79 Å². The lowest BCUT2D eigenvalue weighted by molar-refractivity contribution is -0.117. The van der Waals surface area contributed by atoms with Crippen LogP contribution in [0.15, 0.2) is 12.1 Å². The number of carbonyl (C=O) groups excluding carboxylic acids is 1. The molecule has 1 amide bonds. The summed E-state index contributed by atoms with van der Waals surface area (Å²) in [5.41, 5.74) is 5.03. The molecule has 3 nitrogen and oxygen atoms in total. The Balaban J connectivity index is 2.13. The standard InChI is InChI=1S/C21H34N2O/c1-15-12-17(23-10-8-21(6,7)9-11-23)13-16(2)19(15)22-18(24)14-20(3,4)5/h12-13H,8-11,14H2,1-7H3,(H,22,24). The van der Waals surface area contributed by atoms with Gasteiger partial charge in [0.1, 0.15) is 0 Å². The van der Waals surface area contributed by atoms with E-state index in [0.29, 0.717) is 11.8 Å². The molecule has 1 aromatic rings. The number of nitrogens with zero attached hydrogens (tertiary/aromatic N) is 1. The van der Waals surface area contributed by atoms with Crippen molar-refractivity contribution in [3.8, 4) is 0 Å². The van der Waals surface area contributed by atoms with Crippen molar-refractivity contribution >= 4 is 17.3 Å². The number of aryl methyl sites for hydroxylation is 2. The molecule has 1 aliphatic rings. The third-order valence-electron chi connectivity index (χ3n) is 4.95. The Morgan fingerprint density at radius 3 is 2.08 bits per heavy atom.